The monoisotopic (exact) mass is 268 g/mol. The maximum Gasteiger partial charge on any atom is 0.182 e. The number of ether oxygens (including phenoxy) is 2. The van der Waals surface area contributed by atoms with Crippen molar-refractivity contribution < 1.29 is 9.47 Å². The van der Waals surface area contributed by atoms with Crippen LogP contribution in [0.4, 0.5) is 5.82 Å². The molecule has 1 aliphatic heterocycles. The summed E-state index contributed by atoms with van der Waals surface area (Å²) in [5.41, 5.74) is 1.61. The second kappa shape index (κ2) is 5.45. The Balaban J connectivity index is 1.90. The molecule has 2 heterocycles. The molecule has 1 aliphatic rings. The summed E-state index contributed by atoms with van der Waals surface area (Å²) in [6.07, 6.45) is 2.68. The molecule has 0 spiro atoms. The Bertz CT molecular complexity index is 649. The zero-order valence-corrected chi connectivity index (χ0v) is 10.7. The van der Waals surface area contributed by atoms with E-state index in [-0.39, 0.29) is 0 Å². The lowest BCUT2D eigenvalue weighted by molar-refractivity contribution is 0.297. The van der Waals surface area contributed by atoms with E-state index in [2.05, 4.69) is 15.5 Å². The molecule has 20 heavy (non-hydrogen) atoms. The van der Waals surface area contributed by atoms with Crippen LogP contribution in [-0.2, 0) is 0 Å². The average Bonchev–Trinajstić information content (AvgIpc) is 2.73. The molecule has 1 aromatic carbocycles. The molecule has 0 atom stereocenters. The van der Waals surface area contributed by atoms with E-state index >= 15 is 0 Å². The third-order valence-electron chi connectivity index (χ3n) is 2.89. The Morgan fingerprint density at radius 3 is 2.65 bits per heavy atom. The molecular formula is C14H12N4O2. The number of hydrogen-bond acceptors (Lipinski definition) is 6. The minimum atomic E-state index is 0.422. The maximum absolute atomic E-state index is 8.51. The maximum atomic E-state index is 8.51. The van der Waals surface area contributed by atoms with Gasteiger partial charge in [-0.2, -0.15) is 5.26 Å². The fraction of sp³-hybridized carbons (Fsp3) is 0.214. The van der Waals surface area contributed by atoms with Crippen molar-refractivity contribution in [1.29, 1.82) is 5.26 Å². The lowest BCUT2D eigenvalue weighted by atomic mass is 10.1. The van der Waals surface area contributed by atoms with Crippen LogP contribution in [0.25, 0.3) is 11.3 Å². The first-order valence-electron chi connectivity index (χ1n) is 6.26. The molecule has 0 fully saturated rings. The Hall–Kier alpha value is -2.81. The standard InChI is InChI=1S/C14H12N4O2/c15-9-16-14-5-3-11(17-18-14)10-2-4-12-13(8-10)20-7-1-6-19-12/h2-5,8H,1,6-7H2,(H,16,18). The molecule has 0 amide bonds. The number of nitrogens with one attached hydrogen (secondary N) is 1. The molecule has 1 N–H and O–H groups in total. The molecule has 0 aliphatic carbocycles. The van der Waals surface area contributed by atoms with Gasteiger partial charge in [0.25, 0.3) is 0 Å². The fourth-order valence-corrected chi connectivity index (χ4v) is 1.93. The van der Waals surface area contributed by atoms with Crippen molar-refractivity contribution in [1.82, 2.24) is 10.2 Å². The molecule has 0 saturated carbocycles. The molecule has 3 rings (SSSR count). The van der Waals surface area contributed by atoms with Gasteiger partial charge in [0.2, 0.25) is 0 Å². The summed E-state index contributed by atoms with van der Waals surface area (Å²) >= 11 is 0. The van der Waals surface area contributed by atoms with E-state index in [1.165, 1.54) is 0 Å². The smallest absolute Gasteiger partial charge is 0.182 e. The van der Waals surface area contributed by atoms with Crippen LogP contribution < -0.4 is 14.8 Å². The van der Waals surface area contributed by atoms with Crippen molar-refractivity contribution in [2.45, 2.75) is 6.42 Å². The van der Waals surface area contributed by atoms with Crippen molar-refractivity contribution in [2.75, 3.05) is 18.5 Å². The molecular weight excluding hydrogens is 256 g/mol. The van der Waals surface area contributed by atoms with Gasteiger partial charge in [0.15, 0.2) is 23.5 Å². The number of anilines is 1. The van der Waals surface area contributed by atoms with Gasteiger partial charge in [-0.25, -0.2) is 0 Å². The van der Waals surface area contributed by atoms with E-state index < -0.39 is 0 Å². The van der Waals surface area contributed by atoms with Gasteiger partial charge >= 0.3 is 0 Å². The number of benzene rings is 1. The van der Waals surface area contributed by atoms with Crippen LogP contribution >= 0.6 is 0 Å². The Morgan fingerprint density at radius 1 is 1.05 bits per heavy atom. The van der Waals surface area contributed by atoms with Gasteiger partial charge in [0.1, 0.15) is 0 Å². The van der Waals surface area contributed by atoms with Crippen LogP contribution in [-0.4, -0.2) is 23.4 Å². The zero-order valence-electron chi connectivity index (χ0n) is 10.7. The van der Waals surface area contributed by atoms with Crippen LogP contribution in [0.5, 0.6) is 11.5 Å². The highest BCUT2D eigenvalue weighted by Crippen LogP contribution is 2.33. The van der Waals surface area contributed by atoms with Crippen LogP contribution in [0.15, 0.2) is 30.3 Å². The SMILES string of the molecule is N#CNc1ccc(-c2ccc3c(c2)OCCCO3)nn1. The van der Waals surface area contributed by atoms with Crippen LogP contribution in [0.2, 0.25) is 0 Å². The van der Waals surface area contributed by atoms with Crippen molar-refractivity contribution in [2.24, 2.45) is 0 Å². The van der Waals surface area contributed by atoms with Crippen LogP contribution in [0.3, 0.4) is 0 Å². The van der Waals surface area contributed by atoms with Gasteiger partial charge in [-0.3, -0.25) is 5.32 Å². The fourth-order valence-electron chi connectivity index (χ4n) is 1.93. The minimum absolute atomic E-state index is 0.422. The predicted molar refractivity (Wildman–Crippen MR) is 72.3 cm³/mol. The quantitative estimate of drug-likeness (QED) is 0.664. The van der Waals surface area contributed by atoms with E-state index in [1.54, 1.807) is 18.3 Å². The summed E-state index contributed by atoms with van der Waals surface area (Å²) in [4.78, 5) is 0. The van der Waals surface area contributed by atoms with Gasteiger partial charge < -0.3 is 9.47 Å². The second-order valence-electron chi connectivity index (χ2n) is 4.25. The van der Waals surface area contributed by atoms with Crippen LogP contribution in [0.1, 0.15) is 6.42 Å². The number of rotatable bonds is 2. The molecule has 0 saturated heterocycles. The summed E-state index contributed by atoms with van der Waals surface area (Å²) in [6.45, 7) is 1.31. The first-order chi connectivity index (χ1) is 9.86. The highest BCUT2D eigenvalue weighted by atomic mass is 16.5. The summed E-state index contributed by atoms with van der Waals surface area (Å²) < 4.78 is 11.2. The van der Waals surface area contributed by atoms with E-state index in [0.29, 0.717) is 24.7 Å². The van der Waals surface area contributed by atoms with E-state index in [0.717, 1.165) is 23.5 Å². The lowest BCUT2D eigenvalue weighted by Crippen LogP contribution is -1.97. The van der Waals surface area contributed by atoms with Crippen molar-refractivity contribution in [3.05, 3.63) is 30.3 Å². The number of aromatic nitrogens is 2. The van der Waals surface area contributed by atoms with Crippen molar-refractivity contribution in [3.63, 3.8) is 0 Å². The lowest BCUT2D eigenvalue weighted by Gasteiger charge is -2.08. The molecule has 1 aromatic heterocycles. The van der Waals surface area contributed by atoms with E-state index in [4.69, 9.17) is 14.7 Å². The normalized spacial score (nSPS) is 13.2. The third kappa shape index (κ3) is 2.47. The second-order valence-corrected chi connectivity index (χ2v) is 4.25. The van der Waals surface area contributed by atoms with Crippen molar-refractivity contribution >= 4 is 5.82 Å². The average molecular weight is 268 g/mol. The third-order valence-corrected chi connectivity index (χ3v) is 2.89. The highest BCUT2D eigenvalue weighted by Gasteiger charge is 2.12. The molecule has 6 heteroatoms. The molecule has 2 aromatic rings. The molecule has 0 unspecified atom stereocenters. The summed E-state index contributed by atoms with van der Waals surface area (Å²) in [5.74, 6) is 1.90. The van der Waals surface area contributed by atoms with Crippen LogP contribution in [0, 0.1) is 11.5 Å². The van der Waals surface area contributed by atoms with Gasteiger partial charge in [-0.05, 0) is 30.3 Å². The topological polar surface area (TPSA) is 80.1 Å². The predicted octanol–water partition coefficient (Wildman–Crippen LogP) is 2.20. The summed E-state index contributed by atoms with van der Waals surface area (Å²) in [7, 11) is 0. The summed E-state index contributed by atoms with van der Waals surface area (Å²) in [6, 6.07) is 9.18. The first kappa shape index (κ1) is 12.2. The van der Waals surface area contributed by atoms with Gasteiger partial charge in [-0.15, -0.1) is 10.2 Å². The van der Waals surface area contributed by atoms with Gasteiger partial charge in [0.05, 0.1) is 18.9 Å². The van der Waals surface area contributed by atoms with Crippen molar-refractivity contribution in [3.8, 4) is 28.9 Å². The minimum Gasteiger partial charge on any atom is -0.490 e. The van der Waals surface area contributed by atoms with Gasteiger partial charge in [0, 0.05) is 12.0 Å². The highest BCUT2D eigenvalue weighted by molar-refractivity contribution is 5.64. The Labute approximate surface area is 116 Å². The Kier molecular flexibility index (Phi) is 3.33. The first-order valence-corrected chi connectivity index (χ1v) is 6.26. The molecule has 0 radical (unpaired) electrons. The zero-order chi connectivity index (χ0) is 13.8. The summed E-state index contributed by atoms with van der Waals surface area (Å²) in [5, 5.41) is 18.9. The largest absolute Gasteiger partial charge is 0.490 e. The molecule has 6 nitrogen and oxygen atoms in total. The number of hydrogen-bond donors (Lipinski definition) is 1. The van der Waals surface area contributed by atoms with E-state index in [1.807, 2.05) is 18.2 Å². The molecule has 0 bridgehead atoms. The number of nitriles is 1. The number of fused-ring (bicyclic) bond motifs is 1. The molecule has 100 valence electrons. The van der Waals surface area contributed by atoms with E-state index in [9.17, 15) is 0 Å². The van der Waals surface area contributed by atoms with Gasteiger partial charge in [-0.1, -0.05) is 0 Å². The number of nitrogens with zero attached hydrogens (tertiary/aromatic N) is 3. The Morgan fingerprint density at radius 2 is 1.90 bits per heavy atom.